The van der Waals surface area contributed by atoms with E-state index in [1.165, 1.54) is 0 Å². The second-order valence-electron chi connectivity index (χ2n) is 6.84. The van der Waals surface area contributed by atoms with Gasteiger partial charge in [0.2, 0.25) is 0 Å². The number of hydrogen-bond donors (Lipinski definition) is 3. The lowest BCUT2D eigenvalue weighted by Gasteiger charge is -2.12. The summed E-state index contributed by atoms with van der Waals surface area (Å²) in [6.45, 7) is 4.50. The van der Waals surface area contributed by atoms with Crippen LogP contribution < -0.4 is 15.4 Å². The number of ether oxygens (including phenoxy) is 3. The Morgan fingerprint density at radius 1 is 1.31 bits per heavy atom. The highest BCUT2D eigenvalue weighted by Gasteiger charge is 2.15. The van der Waals surface area contributed by atoms with Crippen molar-refractivity contribution in [1.29, 1.82) is 0 Å². The fraction of sp³-hybridized carbons (Fsp3) is 0.550. The van der Waals surface area contributed by atoms with E-state index in [0.29, 0.717) is 18.3 Å². The third-order valence-corrected chi connectivity index (χ3v) is 4.66. The van der Waals surface area contributed by atoms with Crippen LogP contribution in [0.1, 0.15) is 18.7 Å². The predicted molar refractivity (Wildman–Crippen MR) is 111 cm³/mol. The summed E-state index contributed by atoms with van der Waals surface area (Å²) in [5.41, 5.74) is 0.931. The zero-order valence-electron chi connectivity index (χ0n) is 17.1. The fourth-order valence-electron chi connectivity index (χ4n) is 2.98. The number of nitrogens with zero attached hydrogens (tertiary/aromatic N) is 3. The first-order valence-electron chi connectivity index (χ1n) is 9.94. The van der Waals surface area contributed by atoms with Gasteiger partial charge in [0.15, 0.2) is 11.8 Å². The van der Waals surface area contributed by atoms with E-state index >= 15 is 0 Å². The smallest absolute Gasteiger partial charge is 0.191 e. The average molecular weight is 402 g/mol. The number of methoxy groups -OCH3 is 1. The molecule has 1 aromatic heterocycles. The van der Waals surface area contributed by atoms with Gasteiger partial charge in [-0.3, -0.25) is 10.1 Å². The number of H-pyrrole nitrogens is 1. The van der Waals surface area contributed by atoms with Crippen LogP contribution in [0.15, 0.2) is 29.3 Å². The molecule has 3 N–H and O–H groups in total. The highest BCUT2D eigenvalue weighted by molar-refractivity contribution is 5.79. The van der Waals surface area contributed by atoms with Gasteiger partial charge >= 0.3 is 0 Å². The SMILES string of the molecule is CN=C(NCCCOCC1CCOC1)NCc1nc(-c2ccc(OC)cc2)n[nH]1. The van der Waals surface area contributed by atoms with E-state index in [-0.39, 0.29) is 0 Å². The Morgan fingerprint density at radius 3 is 2.90 bits per heavy atom. The van der Waals surface area contributed by atoms with Gasteiger partial charge in [-0.1, -0.05) is 0 Å². The average Bonchev–Trinajstić information content (AvgIpc) is 3.45. The molecular formula is C20H30N6O3. The minimum absolute atomic E-state index is 0.501. The van der Waals surface area contributed by atoms with Crippen molar-refractivity contribution in [1.82, 2.24) is 25.8 Å². The molecule has 9 heteroatoms. The first-order valence-corrected chi connectivity index (χ1v) is 9.94. The maximum atomic E-state index is 5.71. The van der Waals surface area contributed by atoms with Crippen molar-refractivity contribution in [2.75, 3.05) is 47.1 Å². The molecule has 1 atom stereocenters. The largest absolute Gasteiger partial charge is 0.497 e. The summed E-state index contributed by atoms with van der Waals surface area (Å²) in [7, 11) is 3.39. The predicted octanol–water partition coefficient (Wildman–Crippen LogP) is 1.59. The maximum absolute atomic E-state index is 5.71. The summed E-state index contributed by atoms with van der Waals surface area (Å²) in [5.74, 6) is 3.47. The lowest BCUT2D eigenvalue weighted by atomic mass is 10.1. The van der Waals surface area contributed by atoms with E-state index in [4.69, 9.17) is 14.2 Å². The van der Waals surface area contributed by atoms with Crippen molar-refractivity contribution in [2.45, 2.75) is 19.4 Å². The molecular weight excluding hydrogens is 372 g/mol. The summed E-state index contributed by atoms with van der Waals surface area (Å²) in [5, 5.41) is 13.7. The van der Waals surface area contributed by atoms with Crippen LogP contribution in [0.5, 0.6) is 5.75 Å². The van der Waals surface area contributed by atoms with Crippen molar-refractivity contribution in [3.63, 3.8) is 0 Å². The molecule has 2 heterocycles. The second-order valence-corrected chi connectivity index (χ2v) is 6.84. The number of aromatic amines is 1. The van der Waals surface area contributed by atoms with Gasteiger partial charge in [-0.15, -0.1) is 0 Å². The van der Waals surface area contributed by atoms with E-state index < -0.39 is 0 Å². The highest BCUT2D eigenvalue weighted by atomic mass is 16.5. The molecule has 158 valence electrons. The summed E-state index contributed by atoms with van der Waals surface area (Å²) in [6, 6.07) is 7.64. The molecule has 1 aliphatic rings. The minimum atomic E-state index is 0.501. The fourth-order valence-corrected chi connectivity index (χ4v) is 2.98. The number of aromatic nitrogens is 3. The Morgan fingerprint density at radius 2 is 2.17 bits per heavy atom. The number of benzene rings is 1. The van der Waals surface area contributed by atoms with E-state index in [0.717, 1.165) is 68.9 Å². The molecule has 0 radical (unpaired) electrons. The first-order chi connectivity index (χ1) is 14.3. The topological polar surface area (TPSA) is 106 Å². The third kappa shape index (κ3) is 6.72. The molecule has 3 rings (SSSR count). The van der Waals surface area contributed by atoms with Crippen molar-refractivity contribution < 1.29 is 14.2 Å². The molecule has 0 amide bonds. The molecule has 9 nitrogen and oxygen atoms in total. The van der Waals surface area contributed by atoms with Gasteiger partial charge in [0.1, 0.15) is 11.6 Å². The summed E-state index contributed by atoms with van der Waals surface area (Å²) in [4.78, 5) is 8.75. The normalized spacial score (nSPS) is 16.8. The van der Waals surface area contributed by atoms with Crippen LogP contribution in [0, 0.1) is 5.92 Å². The Kier molecular flexibility index (Phi) is 8.26. The molecule has 1 aliphatic heterocycles. The zero-order valence-corrected chi connectivity index (χ0v) is 17.1. The maximum Gasteiger partial charge on any atom is 0.191 e. The highest BCUT2D eigenvalue weighted by Crippen LogP contribution is 2.18. The van der Waals surface area contributed by atoms with Crippen LogP contribution in [0.4, 0.5) is 0 Å². The quantitative estimate of drug-likeness (QED) is 0.315. The molecule has 0 saturated carbocycles. The van der Waals surface area contributed by atoms with E-state index in [9.17, 15) is 0 Å². The molecule has 29 heavy (non-hydrogen) atoms. The van der Waals surface area contributed by atoms with Crippen LogP contribution >= 0.6 is 0 Å². The standard InChI is InChI=1S/C20H30N6O3/c1-21-20(22-9-3-10-28-13-15-8-11-29-14-15)23-12-18-24-19(26-25-18)16-4-6-17(27-2)7-5-16/h4-7,15H,3,8-14H2,1-2H3,(H2,21,22,23)(H,24,25,26). The van der Waals surface area contributed by atoms with Gasteiger partial charge in [-0.05, 0) is 37.1 Å². The van der Waals surface area contributed by atoms with Crippen molar-refractivity contribution in [3.05, 3.63) is 30.1 Å². The first kappa shape index (κ1) is 21.1. The molecule has 0 aliphatic carbocycles. The van der Waals surface area contributed by atoms with Gasteiger partial charge in [0, 0.05) is 38.3 Å². The summed E-state index contributed by atoms with van der Waals surface area (Å²) < 4.78 is 16.2. The van der Waals surface area contributed by atoms with Crippen molar-refractivity contribution >= 4 is 5.96 Å². The van der Waals surface area contributed by atoms with Crippen LogP contribution in [-0.2, 0) is 16.0 Å². The van der Waals surface area contributed by atoms with Gasteiger partial charge in [-0.2, -0.15) is 5.10 Å². The molecule has 1 unspecified atom stereocenters. The lowest BCUT2D eigenvalue weighted by molar-refractivity contribution is 0.0888. The van der Waals surface area contributed by atoms with Crippen LogP contribution in [0.2, 0.25) is 0 Å². The van der Waals surface area contributed by atoms with Gasteiger partial charge in [0.05, 0.1) is 26.9 Å². The number of rotatable bonds is 10. The minimum Gasteiger partial charge on any atom is -0.497 e. The Hall–Kier alpha value is -2.65. The molecule has 1 fully saturated rings. The molecule has 2 aromatic rings. The number of aliphatic imine (C=N–C) groups is 1. The van der Waals surface area contributed by atoms with Crippen molar-refractivity contribution in [2.24, 2.45) is 10.9 Å². The lowest BCUT2D eigenvalue weighted by Crippen LogP contribution is -2.37. The van der Waals surface area contributed by atoms with Gasteiger partial charge in [0.25, 0.3) is 0 Å². The van der Waals surface area contributed by atoms with E-state index in [2.05, 4.69) is 30.8 Å². The van der Waals surface area contributed by atoms with Crippen molar-refractivity contribution in [3.8, 4) is 17.1 Å². The van der Waals surface area contributed by atoms with Crippen LogP contribution in [-0.4, -0.2) is 68.3 Å². The summed E-state index contributed by atoms with van der Waals surface area (Å²) in [6.07, 6.45) is 2.02. The molecule has 1 aromatic carbocycles. The van der Waals surface area contributed by atoms with Crippen LogP contribution in [0.3, 0.4) is 0 Å². The third-order valence-electron chi connectivity index (χ3n) is 4.66. The molecule has 0 spiro atoms. The monoisotopic (exact) mass is 402 g/mol. The van der Waals surface area contributed by atoms with Crippen LogP contribution in [0.25, 0.3) is 11.4 Å². The Labute approximate surface area is 171 Å². The molecule has 0 bridgehead atoms. The zero-order chi connectivity index (χ0) is 20.3. The van der Waals surface area contributed by atoms with E-state index in [1.54, 1.807) is 14.2 Å². The Bertz CT molecular complexity index is 756. The number of nitrogens with one attached hydrogen (secondary N) is 3. The Balaban J connectivity index is 1.34. The molecule has 1 saturated heterocycles. The van der Waals surface area contributed by atoms with Gasteiger partial charge < -0.3 is 24.8 Å². The van der Waals surface area contributed by atoms with Gasteiger partial charge in [-0.25, -0.2) is 4.98 Å². The second kappa shape index (κ2) is 11.4. The summed E-state index contributed by atoms with van der Waals surface area (Å²) >= 11 is 0. The van der Waals surface area contributed by atoms with E-state index in [1.807, 2.05) is 24.3 Å². The number of guanidine groups is 1. The number of hydrogen-bond acceptors (Lipinski definition) is 6.